The van der Waals surface area contributed by atoms with Crippen molar-refractivity contribution in [2.75, 3.05) is 12.0 Å². The fraction of sp³-hybridized carbons (Fsp3) is 0.0435. The lowest BCUT2D eigenvalue weighted by Crippen LogP contribution is -2.31. The molecule has 3 aromatic rings. The first-order chi connectivity index (χ1) is 14.5. The number of anilines is 1. The number of amides is 2. The van der Waals surface area contributed by atoms with Crippen LogP contribution in [0.3, 0.4) is 0 Å². The number of imide groups is 1. The molecule has 7 heteroatoms. The molecule has 4 nitrogen and oxygen atoms in total. The zero-order chi connectivity index (χ0) is 21.3. The zero-order valence-electron chi connectivity index (χ0n) is 15.8. The van der Waals surface area contributed by atoms with Crippen molar-refractivity contribution >= 4 is 58.0 Å². The van der Waals surface area contributed by atoms with E-state index in [4.69, 9.17) is 27.9 Å². The third-order valence-corrected chi connectivity index (χ3v) is 6.13. The van der Waals surface area contributed by atoms with Gasteiger partial charge in [0, 0.05) is 14.9 Å². The molecule has 0 spiro atoms. The number of carbonyl (C=O) groups is 2. The van der Waals surface area contributed by atoms with E-state index in [0.717, 1.165) is 4.90 Å². The highest BCUT2D eigenvalue weighted by atomic mass is 35.5. The summed E-state index contributed by atoms with van der Waals surface area (Å²) in [6.07, 6.45) is 0. The van der Waals surface area contributed by atoms with Gasteiger partial charge in [-0.15, -0.1) is 0 Å². The highest BCUT2D eigenvalue weighted by Gasteiger charge is 2.40. The van der Waals surface area contributed by atoms with Gasteiger partial charge in [0.15, 0.2) is 0 Å². The van der Waals surface area contributed by atoms with Gasteiger partial charge in [0.2, 0.25) is 0 Å². The number of hydrogen-bond donors (Lipinski definition) is 0. The van der Waals surface area contributed by atoms with Gasteiger partial charge in [-0.1, -0.05) is 47.1 Å². The summed E-state index contributed by atoms with van der Waals surface area (Å²) < 4.78 is 5.17. The van der Waals surface area contributed by atoms with Crippen molar-refractivity contribution in [3.8, 4) is 5.75 Å². The fourth-order valence-electron chi connectivity index (χ4n) is 3.06. The molecule has 0 aliphatic carbocycles. The summed E-state index contributed by atoms with van der Waals surface area (Å²) in [6, 6.07) is 20.8. The van der Waals surface area contributed by atoms with Crippen molar-refractivity contribution in [1.82, 2.24) is 0 Å². The second kappa shape index (κ2) is 8.56. The smallest absolute Gasteiger partial charge is 0.272 e. The first-order valence-electron chi connectivity index (χ1n) is 8.94. The molecular weight excluding hydrogens is 441 g/mol. The van der Waals surface area contributed by atoms with Crippen molar-refractivity contribution in [2.24, 2.45) is 0 Å². The molecule has 0 bridgehead atoms. The average molecular weight is 456 g/mol. The lowest BCUT2D eigenvalue weighted by molar-refractivity contribution is -0.119. The zero-order valence-corrected chi connectivity index (χ0v) is 18.1. The SMILES string of the molecule is COc1ccc(N2C(=O)C(Sc3ccc(Cl)cc3)=C(c3ccc(Cl)cc3)C2=O)cc1. The summed E-state index contributed by atoms with van der Waals surface area (Å²) in [5.41, 5.74) is 1.45. The molecule has 0 radical (unpaired) electrons. The Hall–Kier alpha value is -2.73. The van der Waals surface area contributed by atoms with Crippen molar-refractivity contribution in [2.45, 2.75) is 4.90 Å². The maximum Gasteiger partial charge on any atom is 0.272 e. The Balaban J connectivity index is 1.78. The van der Waals surface area contributed by atoms with E-state index in [2.05, 4.69) is 0 Å². The number of benzene rings is 3. The third-order valence-electron chi connectivity index (χ3n) is 4.54. The summed E-state index contributed by atoms with van der Waals surface area (Å²) >= 11 is 13.2. The predicted octanol–water partition coefficient (Wildman–Crippen LogP) is 6.08. The van der Waals surface area contributed by atoms with Crippen LogP contribution in [0.1, 0.15) is 5.56 Å². The number of rotatable bonds is 5. The fourth-order valence-corrected chi connectivity index (χ4v) is 4.31. The molecular formula is C23H15Cl2NO3S. The van der Waals surface area contributed by atoms with Crippen LogP contribution >= 0.6 is 35.0 Å². The third kappa shape index (κ3) is 3.97. The van der Waals surface area contributed by atoms with E-state index in [1.54, 1.807) is 67.8 Å². The van der Waals surface area contributed by atoms with Gasteiger partial charge in [-0.05, 0) is 66.2 Å². The Morgan fingerprint density at radius 1 is 0.767 bits per heavy atom. The second-order valence-electron chi connectivity index (χ2n) is 6.41. The van der Waals surface area contributed by atoms with Gasteiger partial charge in [-0.25, -0.2) is 4.90 Å². The first-order valence-corrected chi connectivity index (χ1v) is 10.5. The molecule has 4 rings (SSSR count). The molecule has 3 aromatic carbocycles. The minimum atomic E-state index is -0.385. The van der Waals surface area contributed by atoms with Crippen molar-refractivity contribution in [3.63, 3.8) is 0 Å². The highest BCUT2D eigenvalue weighted by Crippen LogP contribution is 2.42. The Kier molecular flexibility index (Phi) is 5.86. The number of methoxy groups -OCH3 is 1. The molecule has 0 N–H and O–H groups in total. The molecule has 1 aliphatic rings. The van der Waals surface area contributed by atoms with Crippen LogP contribution in [0.15, 0.2) is 82.6 Å². The van der Waals surface area contributed by atoms with Crippen LogP contribution in [-0.4, -0.2) is 18.9 Å². The molecule has 0 saturated heterocycles. The molecule has 0 saturated carbocycles. The number of hydrogen-bond acceptors (Lipinski definition) is 4. The lowest BCUT2D eigenvalue weighted by Gasteiger charge is -2.15. The van der Waals surface area contributed by atoms with E-state index >= 15 is 0 Å². The molecule has 0 fully saturated rings. The highest BCUT2D eigenvalue weighted by molar-refractivity contribution is 8.04. The summed E-state index contributed by atoms with van der Waals surface area (Å²) in [4.78, 5) is 29.0. The standard InChI is InChI=1S/C23H15Cl2NO3S/c1-29-18-10-8-17(9-11-18)26-22(27)20(14-2-4-15(24)5-3-14)21(23(26)28)30-19-12-6-16(25)7-13-19/h2-13H,1H3. The first kappa shape index (κ1) is 20.5. The largest absolute Gasteiger partial charge is 0.497 e. The van der Waals surface area contributed by atoms with Gasteiger partial charge >= 0.3 is 0 Å². The van der Waals surface area contributed by atoms with Gasteiger partial charge in [-0.3, -0.25) is 9.59 Å². The van der Waals surface area contributed by atoms with Gasteiger partial charge in [-0.2, -0.15) is 0 Å². The quantitative estimate of drug-likeness (QED) is 0.437. The van der Waals surface area contributed by atoms with E-state index in [1.165, 1.54) is 16.7 Å². The summed E-state index contributed by atoms with van der Waals surface area (Å²) in [5.74, 6) is -0.126. The second-order valence-corrected chi connectivity index (χ2v) is 8.37. The van der Waals surface area contributed by atoms with Crippen LogP contribution in [0.25, 0.3) is 5.57 Å². The van der Waals surface area contributed by atoms with Gasteiger partial charge in [0.25, 0.3) is 11.8 Å². The van der Waals surface area contributed by atoms with Crippen LogP contribution in [0.2, 0.25) is 10.0 Å². The monoisotopic (exact) mass is 455 g/mol. The number of nitrogens with zero attached hydrogens (tertiary/aromatic N) is 1. The molecule has 0 unspecified atom stereocenters. The number of carbonyl (C=O) groups excluding carboxylic acids is 2. The van der Waals surface area contributed by atoms with Crippen molar-refractivity contribution in [3.05, 3.63) is 93.3 Å². The lowest BCUT2D eigenvalue weighted by atomic mass is 10.1. The van der Waals surface area contributed by atoms with Crippen LogP contribution in [-0.2, 0) is 9.59 Å². The normalized spacial score (nSPS) is 13.9. The summed E-state index contributed by atoms with van der Waals surface area (Å²) in [7, 11) is 1.56. The Morgan fingerprint density at radius 2 is 1.33 bits per heavy atom. The van der Waals surface area contributed by atoms with Gasteiger partial charge < -0.3 is 4.74 Å². The van der Waals surface area contributed by atoms with E-state index in [9.17, 15) is 9.59 Å². The molecule has 0 atom stereocenters. The average Bonchev–Trinajstić information content (AvgIpc) is 3.00. The molecule has 150 valence electrons. The van der Waals surface area contributed by atoms with Crippen molar-refractivity contribution in [1.29, 1.82) is 0 Å². The minimum Gasteiger partial charge on any atom is -0.497 e. The maximum atomic E-state index is 13.4. The van der Waals surface area contributed by atoms with E-state index in [0.29, 0.717) is 37.5 Å². The Bertz CT molecular complexity index is 1140. The van der Waals surface area contributed by atoms with Crippen molar-refractivity contribution < 1.29 is 14.3 Å². The topological polar surface area (TPSA) is 46.6 Å². The molecule has 2 amide bonds. The molecule has 1 heterocycles. The number of thioether (sulfide) groups is 1. The molecule has 30 heavy (non-hydrogen) atoms. The Morgan fingerprint density at radius 3 is 1.90 bits per heavy atom. The minimum absolute atomic E-state index is 0.340. The van der Waals surface area contributed by atoms with Gasteiger partial charge in [0.1, 0.15) is 5.75 Å². The van der Waals surface area contributed by atoms with E-state index in [-0.39, 0.29) is 11.8 Å². The van der Waals surface area contributed by atoms with Crippen LogP contribution in [0.4, 0.5) is 5.69 Å². The summed E-state index contributed by atoms with van der Waals surface area (Å²) in [5, 5.41) is 1.15. The van der Waals surface area contributed by atoms with E-state index < -0.39 is 0 Å². The summed E-state index contributed by atoms with van der Waals surface area (Å²) in [6.45, 7) is 0. The van der Waals surface area contributed by atoms with Crippen LogP contribution in [0, 0.1) is 0 Å². The van der Waals surface area contributed by atoms with E-state index in [1.807, 2.05) is 12.1 Å². The predicted molar refractivity (Wildman–Crippen MR) is 121 cm³/mol. The Labute approximate surface area is 188 Å². The number of halogens is 2. The van der Waals surface area contributed by atoms with Crippen LogP contribution < -0.4 is 9.64 Å². The van der Waals surface area contributed by atoms with Crippen LogP contribution in [0.5, 0.6) is 5.75 Å². The number of ether oxygens (including phenoxy) is 1. The molecule has 1 aliphatic heterocycles. The maximum absolute atomic E-state index is 13.4. The molecule has 0 aromatic heterocycles. The van der Waals surface area contributed by atoms with Gasteiger partial charge in [0.05, 0.1) is 23.3 Å².